The highest BCUT2D eigenvalue weighted by Gasteiger charge is 2.12. The molecule has 4 aromatic carbocycles. The molecule has 0 radical (unpaired) electrons. The molecule has 4 rings (SSSR count). The maximum atomic E-state index is 13.7. The number of para-hydroxylation sites is 1. The third-order valence-electron chi connectivity index (χ3n) is 4.95. The Morgan fingerprint density at radius 1 is 0.938 bits per heavy atom. The second-order valence-electron chi connectivity index (χ2n) is 7.10. The van der Waals surface area contributed by atoms with E-state index in [9.17, 15) is 14.4 Å². The van der Waals surface area contributed by atoms with Crippen molar-refractivity contribution < 1.29 is 13.9 Å². The summed E-state index contributed by atoms with van der Waals surface area (Å²) in [5.74, 6) is -0.566. The molecule has 4 aromatic rings. The first-order valence-corrected chi connectivity index (χ1v) is 10.0. The van der Waals surface area contributed by atoms with Gasteiger partial charge in [-0.1, -0.05) is 66.7 Å². The van der Waals surface area contributed by atoms with Crippen molar-refractivity contribution in [2.24, 2.45) is 0 Å². The van der Waals surface area contributed by atoms with Gasteiger partial charge in [0.25, 0.3) is 5.91 Å². The molecular weight excluding hydrogens is 403 g/mol. The van der Waals surface area contributed by atoms with Crippen LogP contribution < -0.4 is 10.1 Å². The van der Waals surface area contributed by atoms with E-state index in [4.69, 9.17) is 4.74 Å². The lowest BCUT2D eigenvalue weighted by Gasteiger charge is -2.09. The Hall–Kier alpha value is -4.43. The zero-order valence-corrected chi connectivity index (χ0v) is 17.1. The number of fused-ring (bicyclic) bond motifs is 1. The molecule has 4 nitrogen and oxygen atoms in total. The maximum Gasteiger partial charge on any atom is 0.266 e. The van der Waals surface area contributed by atoms with E-state index < -0.39 is 11.7 Å². The van der Waals surface area contributed by atoms with Gasteiger partial charge in [-0.2, -0.15) is 5.26 Å². The summed E-state index contributed by atoms with van der Waals surface area (Å²) in [6, 6.07) is 29.0. The monoisotopic (exact) mass is 422 g/mol. The first-order valence-electron chi connectivity index (χ1n) is 10.0. The third kappa shape index (κ3) is 4.82. The molecule has 0 atom stereocenters. The molecule has 0 saturated carbocycles. The topological polar surface area (TPSA) is 62.1 Å². The number of carbonyl (C=O) groups excluding carboxylic acids is 1. The Balaban J connectivity index is 1.44. The highest BCUT2D eigenvalue weighted by Crippen LogP contribution is 2.22. The van der Waals surface area contributed by atoms with Crippen molar-refractivity contribution in [1.29, 1.82) is 5.26 Å². The Kier molecular flexibility index (Phi) is 6.24. The van der Waals surface area contributed by atoms with E-state index in [-0.39, 0.29) is 11.3 Å². The summed E-state index contributed by atoms with van der Waals surface area (Å²) < 4.78 is 19.7. The van der Waals surface area contributed by atoms with Gasteiger partial charge in [-0.25, -0.2) is 4.39 Å². The van der Waals surface area contributed by atoms with Crippen molar-refractivity contribution in [3.63, 3.8) is 0 Å². The lowest BCUT2D eigenvalue weighted by atomic mass is 10.1. The van der Waals surface area contributed by atoms with Gasteiger partial charge in [-0.15, -0.1) is 0 Å². The number of ether oxygens (including phenoxy) is 1. The van der Waals surface area contributed by atoms with Gasteiger partial charge in [0, 0.05) is 0 Å². The molecule has 1 N–H and O–H groups in total. The van der Waals surface area contributed by atoms with Crippen LogP contribution in [0.5, 0.6) is 5.75 Å². The first kappa shape index (κ1) is 20.8. The number of nitrogens with one attached hydrogen (secondary N) is 1. The van der Waals surface area contributed by atoms with Crippen LogP contribution in [0, 0.1) is 17.1 Å². The van der Waals surface area contributed by atoms with Crippen LogP contribution in [0.15, 0.2) is 96.6 Å². The fourth-order valence-electron chi connectivity index (χ4n) is 3.31. The standard InChI is InChI=1S/C27H19FN2O2/c28-25-10-3-4-11-26(25)30-27(31)22(17-29)16-19-12-14-23(15-13-19)32-18-21-8-5-7-20-6-1-2-9-24(20)21/h1-16H,18H2,(H,30,31)/b22-16+. The number of rotatable bonds is 6. The molecular formula is C27H19FN2O2. The van der Waals surface area contributed by atoms with Crippen LogP contribution in [0.2, 0.25) is 0 Å². The Morgan fingerprint density at radius 2 is 1.66 bits per heavy atom. The predicted octanol–water partition coefficient (Wildman–Crippen LogP) is 6.10. The SMILES string of the molecule is N#C/C(=C\c1ccc(OCc2cccc3ccccc23)cc1)C(=O)Nc1ccccc1F. The lowest BCUT2D eigenvalue weighted by molar-refractivity contribution is -0.112. The summed E-state index contributed by atoms with van der Waals surface area (Å²) >= 11 is 0. The van der Waals surface area contributed by atoms with Crippen LogP contribution in [-0.4, -0.2) is 5.91 Å². The number of amides is 1. The highest BCUT2D eigenvalue weighted by molar-refractivity contribution is 6.09. The van der Waals surface area contributed by atoms with Crippen molar-refractivity contribution >= 4 is 28.4 Å². The van der Waals surface area contributed by atoms with E-state index in [1.54, 1.807) is 30.3 Å². The number of carbonyl (C=O) groups is 1. The van der Waals surface area contributed by atoms with Gasteiger partial charge in [-0.05, 0) is 52.2 Å². The summed E-state index contributed by atoms with van der Waals surface area (Å²) in [7, 11) is 0. The molecule has 0 aliphatic heterocycles. The van der Waals surface area contributed by atoms with E-state index in [1.165, 1.54) is 24.3 Å². The fraction of sp³-hybridized carbons (Fsp3) is 0.0370. The minimum Gasteiger partial charge on any atom is -0.489 e. The molecule has 0 aliphatic carbocycles. The second-order valence-corrected chi connectivity index (χ2v) is 7.10. The molecule has 0 heterocycles. The summed E-state index contributed by atoms with van der Waals surface area (Å²) in [4.78, 5) is 12.3. The summed E-state index contributed by atoms with van der Waals surface area (Å²) in [6.07, 6.45) is 1.45. The number of hydrogen-bond acceptors (Lipinski definition) is 3. The fourth-order valence-corrected chi connectivity index (χ4v) is 3.31. The average Bonchev–Trinajstić information content (AvgIpc) is 2.83. The lowest BCUT2D eigenvalue weighted by Crippen LogP contribution is -2.14. The zero-order valence-electron chi connectivity index (χ0n) is 17.1. The number of nitriles is 1. The van der Waals surface area contributed by atoms with Crippen molar-refractivity contribution in [2.45, 2.75) is 6.61 Å². The van der Waals surface area contributed by atoms with Crippen molar-refractivity contribution in [3.05, 3.63) is 114 Å². The molecule has 0 aliphatic rings. The number of anilines is 1. The summed E-state index contributed by atoms with van der Waals surface area (Å²) in [5.41, 5.74) is 1.64. The summed E-state index contributed by atoms with van der Waals surface area (Å²) in [5, 5.41) is 14.1. The highest BCUT2D eigenvalue weighted by atomic mass is 19.1. The van der Waals surface area contributed by atoms with Crippen molar-refractivity contribution in [3.8, 4) is 11.8 Å². The normalized spacial score (nSPS) is 11.1. The van der Waals surface area contributed by atoms with Gasteiger partial charge < -0.3 is 10.1 Å². The molecule has 0 unspecified atom stereocenters. The van der Waals surface area contributed by atoms with E-state index in [0.29, 0.717) is 17.9 Å². The summed E-state index contributed by atoms with van der Waals surface area (Å²) in [6.45, 7) is 0.422. The number of benzene rings is 4. The second kappa shape index (κ2) is 9.59. The first-order chi connectivity index (χ1) is 15.6. The van der Waals surface area contributed by atoms with Gasteiger partial charge in [-0.3, -0.25) is 4.79 Å². The third-order valence-corrected chi connectivity index (χ3v) is 4.95. The van der Waals surface area contributed by atoms with E-state index in [1.807, 2.05) is 30.3 Å². The van der Waals surface area contributed by atoms with Gasteiger partial charge in [0.05, 0.1) is 5.69 Å². The van der Waals surface area contributed by atoms with Crippen LogP contribution in [-0.2, 0) is 11.4 Å². The molecule has 0 fully saturated rings. The zero-order chi connectivity index (χ0) is 22.3. The molecule has 0 spiro atoms. The van der Waals surface area contributed by atoms with Crippen LogP contribution in [0.4, 0.5) is 10.1 Å². The predicted molar refractivity (Wildman–Crippen MR) is 123 cm³/mol. The van der Waals surface area contributed by atoms with E-state index in [2.05, 4.69) is 23.5 Å². The molecule has 32 heavy (non-hydrogen) atoms. The number of halogens is 1. The van der Waals surface area contributed by atoms with Gasteiger partial charge in [0.15, 0.2) is 0 Å². The smallest absolute Gasteiger partial charge is 0.266 e. The minimum atomic E-state index is -0.672. The Morgan fingerprint density at radius 3 is 2.44 bits per heavy atom. The van der Waals surface area contributed by atoms with Crippen molar-refractivity contribution in [1.82, 2.24) is 0 Å². The largest absolute Gasteiger partial charge is 0.489 e. The number of nitrogens with zero attached hydrogens (tertiary/aromatic N) is 1. The maximum absolute atomic E-state index is 13.7. The van der Waals surface area contributed by atoms with E-state index in [0.717, 1.165) is 16.3 Å². The molecule has 0 bridgehead atoms. The van der Waals surface area contributed by atoms with Gasteiger partial charge in [0.1, 0.15) is 29.8 Å². The number of hydrogen-bond donors (Lipinski definition) is 1. The average molecular weight is 422 g/mol. The Bertz CT molecular complexity index is 1330. The van der Waals surface area contributed by atoms with Gasteiger partial charge >= 0.3 is 0 Å². The molecule has 0 aromatic heterocycles. The quantitative estimate of drug-likeness (QED) is 0.301. The van der Waals surface area contributed by atoms with Gasteiger partial charge in [0.2, 0.25) is 0 Å². The Labute approximate surface area is 185 Å². The van der Waals surface area contributed by atoms with Crippen LogP contribution in [0.3, 0.4) is 0 Å². The molecule has 1 amide bonds. The molecule has 5 heteroatoms. The molecule has 0 saturated heterocycles. The van der Waals surface area contributed by atoms with E-state index >= 15 is 0 Å². The van der Waals surface area contributed by atoms with Crippen LogP contribution >= 0.6 is 0 Å². The minimum absolute atomic E-state index is 0.0239. The van der Waals surface area contributed by atoms with Crippen LogP contribution in [0.1, 0.15) is 11.1 Å². The molecule has 156 valence electrons. The van der Waals surface area contributed by atoms with Crippen LogP contribution in [0.25, 0.3) is 16.8 Å². The van der Waals surface area contributed by atoms with Crippen molar-refractivity contribution in [2.75, 3.05) is 5.32 Å².